The first-order valence-electron chi connectivity index (χ1n) is 6.78. The second kappa shape index (κ2) is 5.97. The summed E-state index contributed by atoms with van der Waals surface area (Å²) in [6.07, 6.45) is 0. The number of nitrogens with zero attached hydrogens (tertiary/aromatic N) is 2. The first-order valence-corrected chi connectivity index (χ1v) is 8.01. The molecule has 0 bridgehead atoms. The molecule has 0 radical (unpaired) electrons. The maximum absolute atomic E-state index is 12.1. The predicted octanol–water partition coefficient (Wildman–Crippen LogP) is 3.87. The van der Waals surface area contributed by atoms with Gasteiger partial charge in [0, 0.05) is 18.1 Å². The summed E-state index contributed by atoms with van der Waals surface area (Å²) in [7, 11) is 1.65. The van der Waals surface area contributed by atoms with Gasteiger partial charge in [-0.1, -0.05) is 15.9 Å². The Kier molecular flexibility index (Phi) is 4.63. The largest absolute Gasteiger partial charge is 0.359 e. The number of carbonyl (C=O) groups is 1. The fraction of sp³-hybridized carbons (Fsp3) is 0.467. The lowest BCUT2D eigenvalue weighted by Gasteiger charge is -2.25. The van der Waals surface area contributed by atoms with Gasteiger partial charge in [0.2, 0.25) is 5.91 Å². The molecule has 1 N–H and O–H groups in total. The van der Waals surface area contributed by atoms with Crippen molar-refractivity contribution in [3.05, 3.63) is 28.5 Å². The number of halogens is 2. The van der Waals surface area contributed by atoms with E-state index in [4.69, 9.17) is 11.6 Å². The Hall–Kier alpha value is -1.07. The Morgan fingerprint density at radius 3 is 2.76 bits per heavy atom. The number of hydrogen-bond donors (Lipinski definition) is 1. The lowest BCUT2D eigenvalue weighted by molar-refractivity contribution is -0.129. The third-order valence-electron chi connectivity index (χ3n) is 3.49. The van der Waals surface area contributed by atoms with Crippen molar-refractivity contribution < 1.29 is 4.79 Å². The molecule has 0 spiro atoms. The van der Waals surface area contributed by atoms with E-state index in [9.17, 15) is 4.79 Å². The maximum Gasteiger partial charge on any atom is 0.227 e. The zero-order chi connectivity index (χ0) is 15.8. The van der Waals surface area contributed by atoms with Gasteiger partial charge in [0.25, 0.3) is 0 Å². The Balaban J connectivity index is 2.57. The van der Waals surface area contributed by atoms with E-state index >= 15 is 0 Å². The summed E-state index contributed by atoms with van der Waals surface area (Å²) in [5, 5.41) is 2.49. The highest BCUT2D eigenvalue weighted by molar-refractivity contribution is 9.10. The van der Waals surface area contributed by atoms with Crippen molar-refractivity contribution in [3.63, 3.8) is 0 Å². The van der Waals surface area contributed by atoms with Crippen LogP contribution in [-0.2, 0) is 11.3 Å². The average molecular weight is 373 g/mol. The molecule has 1 atom stereocenters. The lowest BCUT2D eigenvalue weighted by atomic mass is 9.92. The molecule has 0 aliphatic carbocycles. The molecule has 21 heavy (non-hydrogen) atoms. The minimum Gasteiger partial charge on any atom is -0.359 e. The maximum atomic E-state index is 12.1. The van der Waals surface area contributed by atoms with Crippen molar-refractivity contribution in [1.29, 1.82) is 0 Å². The number of benzene rings is 1. The molecule has 2 aromatic rings. The van der Waals surface area contributed by atoms with Gasteiger partial charge >= 0.3 is 0 Å². The number of alkyl halides is 1. The molecule has 6 heteroatoms. The van der Waals surface area contributed by atoms with E-state index < -0.39 is 5.41 Å². The number of imidazole rings is 1. The van der Waals surface area contributed by atoms with Gasteiger partial charge in [-0.25, -0.2) is 4.98 Å². The quantitative estimate of drug-likeness (QED) is 0.828. The van der Waals surface area contributed by atoms with Gasteiger partial charge in [0.15, 0.2) is 0 Å². The molecule has 0 saturated carbocycles. The van der Waals surface area contributed by atoms with Crippen molar-refractivity contribution in [2.24, 2.45) is 5.41 Å². The van der Waals surface area contributed by atoms with Gasteiger partial charge in [0.1, 0.15) is 5.82 Å². The highest BCUT2D eigenvalue weighted by Crippen LogP contribution is 2.30. The number of carbonyl (C=O) groups excluding carboxylic acids is 1. The van der Waals surface area contributed by atoms with Crippen molar-refractivity contribution in [3.8, 4) is 0 Å². The lowest BCUT2D eigenvalue weighted by Crippen LogP contribution is -2.38. The van der Waals surface area contributed by atoms with E-state index in [1.165, 1.54) is 0 Å². The molecule has 1 aromatic heterocycles. The third-order valence-corrected chi connectivity index (χ3v) is 4.18. The van der Waals surface area contributed by atoms with Crippen LogP contribution in [0.5, 0.6) is 0 Å². The van der Waals surface area contributed by atoms with Crippen LogP contribution in [0.4, 0.5) is 0 Å². The minimum absolute atomic E-state index is 0.00692. The van der Waals surface area contributed by atoms with E-state index in [1.807, 2.05) is 43.5 Å². The molecular formula is C15H19BrClN3O. The van der Waals surface area contributed by atoms with Gasteiger partial charge in [-0.2, -0.15) is 0 Å². The summed E-state index contributed by atoms with van der Waals surface area (Å²) >= 11 is 9.75. The molecule has 0 aliphatic rings. The summed E-state index contributed by atoms with van der Waals surface area (Å²) in [5.74, 6) is 0.772. The monoisotopic (exact) mass is 371 g/mol. The normalized spacial score (nSPS) is 13.4. The van der Waals surface area contributed by atoms with Crippen molar-refractivity contribution in [1.82, 2.24) is 14.9 Å². The molecule has 0 aliphatic heterocycles. The zero-order valence-corrected chi connectivity index (χ0v) is 14.9. The van der Waals surface area contributed by atoms with Gasteiger partial charge in [-0.05, 0) is 39.0 Å². The SMILES string of the molecule is CNC(=O)C(C)(C)Cn1c(C(C)Cl)nc2ccc(Br)cc21. The summed E-state index contributed by atoms with van der Waals surface area (Å²) in [6, 6.07) is 5.91. The van der Waals surface area contributed by atoms with E-state index in [1.54, 1.807) is 7.05 Å². The number of aromatic nitrogens is 2. The Bertz CT molecular complexity index is 679. The highest BCUT2D eigenvalue weighted by Gasteiger charge is 2.29. The molecule has 1 aromatic carbocycles. The van der Waals surface area contributed by atoms with E-state index in [0.29, 0.717) is 6.54 Å². The third kappa shape index (κ3) is 3.24. The minimum atomic E-state index is -0.550. The van der Waals surface area contributed by atoms with E-state index in [0.717, 1.165) is 21.3 Å². The van der Waals surface area contributed by atoms with Crippen LogP contribution < -0.4 is 5.32 Å². The van der Waals surface area contributed by atoms with Gasteiger partial charge in [0.05, 0.1) is 21.8 Å². The van der Waals surface area contributed by atoms with Crippen LogP contribution in [-0.4, -0.2) is 22.5 Å². The zero-order valence-electron chi connectivity index (χ0n) is 12.6. The smallest absolute Gasteiger partial charge is 0.227 e. The molecule has 0 saturated heterocycles. The summed E-state index contributed by atoms with van der Waals surface area (Å²) in [6.45, 7) is 6.24. The number of fused-ring (bicyclic) bond motifs is 1. The first-order chi connectivity index (χ1) is 9.76. The molecule has 2 rings (SSSR count). The summed E-state index contributed by atoms with van der Waals surface area (Å²) < 4.78 is 3.01. The average Bonchev–Trinajstić information content (AvgIpc) is 2.75. The number of nitrogens with one attached hydrogen (secondary N) is 1. The van der Waals surface area contributed by atoms with Crippen LogP contribution in [0.15, 0.2) is 22.7 Å². The van der Waals surface area contributed by atoms with Gasteiger partial charge in [-0.3, -0.25) is 4.79 Å². The summed E-state index contributed by atoms with van der Waals surface area (Å²) in [4.78, 5) is 16.7. The van der Waals surface area contributed by atoms with E-state index in [-0.39, 0.29) is 11.3 Å². The molecule has 1 amide bonds. The highest BCUT2D eigenvalue weighted by atomic mass is 79.9. The Morgan fingerprint density at radius 1 is 1.52 bits per heavy atom. The second-order valence-electron chi connectivity index (χ2n) is 5.77. The first kappa shape index (κ1) is 16.3. The topological polar surface area (TPSA) is 46.9 Å². The molecule has 4 nitrogen and oxygen atoms in total. The van der Waals surface area contributed by atoms with Crippen molar-refractivity contribution >= 4 is 44.5 Å². The molecular weight excluding hydrogens is 354 g/mol. The van der Waals surface area contributed by atoms with Crippen LogP contribution in [0, 0.1) is 5.41 Å². The van der Waals surface area contributed by atoms with Crippen LogP contribution >= 0.6 is 27.5 Å². The Morgan fingerprint density at radius 2 is 2.19 bits per heavy atom. The van der Waals surface area contributed by atoms with E-state index in [2.05, 4.69) is 26.2 Å². The fourth-order valence-electron chi connectivity index (χ4n) is 2.39. The number of amides is 1. The molecule has 114 valence electrons. The van der Waals surface area contributed by atoms with Crippen LogP contribution in [0.3, 0.4) is 0 Å². The fourth-order valence-corrected chi connectivity index (χ4v) is 2.91. The van der Waals surface area contributed by atoms with Gasteiger partial charge < -0.3 is 9.88 Å². The molecule has 0 fully saturated rings. The molecule has 1 heterocycles. The standard InChI is InChI=1S/C15H19BrClN3O/c1-9(17)13-19-11-6-5-10(16)7-12(11)20(13)8-15(2,3)14(21)18-4/h5-7,9H,8H2,1-4H3,(H,18,21). The predicted molar refractivity (Wildman–Crippen MR) is 89.5 cm³/mol. The van der Waals surface area contributed by atoms with Crippen LogP contribution in [0.1, 0.15) is 32.0 Å². The van der Waals surface area contributed by atoms with Crippen LogP contribution in [0.25, 0.3) is 11.0 Å². The number of hydrogen-bond acceptors (Lipinski definition) is 2. The van der Waals surface area contributed by atoms with Crippen molar-refractivity contribution in [2.45, 2.75) is 32.7 Å². The van der Waals surface area contributed by atoms with Crippen molar-refractivity contribution in [2.75, 3.05) is 7.05 Å². The number of rotatable bonds is 4. The Labute approximate surface area is 138 Å². The second-order valence-corrected chi connectivity index (χ2v) is 7.34. The van der Waals surface area contributed by atoms with Gasteiger partial charge in [-0.15, -0.1) is 11.6 Å². The summed E-state index contributed by atoms with van der Waals surface area (Å²) in [5.41, 5.74) is 1.31. The molecule has 1 unspecified atom stereocenters. The van der Waals surface area contributed by atoms with Crippen LogP contribution in [0.2, 0.25) is 0 Å².